The molecule has 0 spiro atoms. The summed E-state index contributed by atoms with van der Waals surface area (Å²) in [5.41, 5.74) is 0.597. The number of benzene rings is 1. The maximum Gasteiger partial charge on any atom is 0.573 e. The van der Waals surface area contributed by atoms with Gasteiger partial charge in [0.25, 0.3) is 0 Å². The minimum atomic E-state index is -4.74. The van der Waals surface area contributed by atoms with E-state index in [1.807, 2.05) is 6.92 Å². The van der Waals surface area contributed by atoms with Crippen LogP contribution in [0.1, 0.15) is 58.8 Å². The van der Waals surface area contributed by atoms with Crippen molar-refractivity contribution in [2.45, 2.75) is 71.2 Å². The van der Waals surface area contributed by atoms with Crippen molar-refractivity contribution in [3.05, 3.63) is 24.3 Å². The van der Waals surface area contributed by atoms with Crippen LogP contribution in [0, 0.1) is 11.8 Å². The van der Waals surface area contributed by atoms with Crippen molar-refractivity contribution in [1.29, 1.82) is 0 Å². The summed E-state index contributed by atoms with van der Waals surface area (Å²) in [6.07, 6.45) is 1.71. The van der Waals surface area contributed by atoms with Crippen LogP contribution in [0.4, 0.5) is 18.9 Å². The Hall–Kier alpha value is -2.98. The fraction of sp³-hybridized carbons (Fsp3) is 0.667. The lowest BCUT2D eigenvalue weighted by Crippen LogP contribution is -2.51. The molecule has 1 aliphatic heterocycles. The van der Waals surface area contributed by atoms with Crippen LogP contribution in [0.15, 0.2) is 24.3 Å². The van der Waals surface area contributed by atoms with E-state index < -0.39 is 12.3 Å². The zero-order valence-corrected chi connectivity index (χ0v) is 22.2. The first-order valence-corrected chi connectivity index (χ1v) is 13.4. The number of hydrogen-bond donors (Lipinski definition) is 2. The molecule has 1 aromatic carbocycles. The van der Waals surface area contributed by atoms with Crippen molar-refractivity contribution in [2.75, 3.05) is 38.0 Å². The largest absolute Gasteiger partial charge is 0.573 e. The number of alkyl halides is 3. The fourth-order valence-corrected chi connectivity index (χ4v) is 5.18. The number of halogens is 3. The second-order valence-electron chi connectivity index (χ2n) is 10.4. The first kappa shape index (κ1) is 29.6. The first-order valence-electron chi connectivity index (χ1n) is 13.4. The Bertz CT molecular complexity index is 927. The van der Waals surface area contributed by atoms with Crippen molar-refractivity contribution >= 4 is 23.4 Å². The lowest BCUT2D eigenvalue weighted by atomic mass is 9.81. The Kier molecular flexibility index (Phi) is 10.7. The summed E-state index contributed by atoms with van der Waals surface area (Å²) in [5, 5.41) is 6.12. The standard InChI is InChI=1S/C27H39F3N4O4/c1-19(18-31-23-8-10-24(11-9-23)38-27(28,29)30)32-26(37)22(16-21-6-4-3-5-7-21)17-25(36)34-14-12-33(13-15-34)20(2)35/h8-11,19,21-22,31H,3-7,12-18H2,1-2H3,(H,32,37)/t19-,22+/m0/s1. The Morgan fingerprint density at radius 2 is 1.61 bits per heavy atom. The predicted octanol–water partition coefficient (Wildman–Crippen LogP) is 4.17. The van der Waals surface area contributed by atoms with Crippen LogP contribution in [0.3, 0.4) is 0 Å². The SMILES string of the molecule is CC(=O)N1CCN(C(=O)C[C@@H](CC2CCCCC2)C(=O)N[C@@H](C)CNc2ccc(OC(F)(F)F)cc2)CC1. The Labute approximate surface area is 222 Å². The van der Waals surface area contributed by atoms with E-state index in [-0.39, 0.29) is 35.9 Å². The van der Waals surface area contributed by atoms with Gasteiger partial charge in [-0.3, -0.25) is 14.4 Å². The Balaban J connectivity index is 1.53. The number of hydrogen-bond acceptors (Lipinski definition) is 5. The number of anilines is 1. The normalized spacial score (nSPS) is 18.4. The summed E-state index contributed by atoms with van der Waals surface area (Å²) < 4.78 is 40.9. The van der Waals surface area contributed by atoms with Gasteiger partial charge < -0.3 is 25.2 Å². The zero-order chi connectivity index (χ0) is 27.7. The van der Waals surface area contributed by atoms with Crippen LogP contribution in [0.2, 0.25) is 0 Å². The summed E-state index contributed by atoms with van der Waals surface area (Å²) in [6, 6.07) is 5.14. The Morgan fingerprint density at radius 3 is 2.18 bits per heavy atom. The topological polar surface area (TPSA) is 91.0 Å². The lowest BCUT2D eigenvalue weighted by molar-refractivity contribution is -0.274. The van der Waals surface area contributed by atoms with E-state index >= 15 is 0 Å². The van der Waals surface area contributed by atoms with Gasteiger partial charge in [-0.2, -0.15) is 0 Å². The average Bonchev–Trinajstić information content (AvgIpc) is 2.87. The molecule has 212 valence electrons. The molecule has 0 aromatic heterocycles. The third-order valence-electron chi connectivity index (χ3n) is 7.30. The summed E-state index contributed by atoms with van der Waals surface area (Å²) in [7, 11) is 0. The molecular weight excluding hydrogens is 501 g/mol. The van der Waals surface area contributed by atoms with Gasteiger partial charge in [-0.15, -0.1) is 13.2 Å². The molecule has 11 heteroatoms. The predicted molar refractivity (Wildman–Crippen MR) is 137 cm³/mol. The van der Waals surface area contributed by atoms with E-state index in [4.69, 9.17) is 0 Å². The van der Waals surface area contributed by atoms with Gasteiger partial charge in [-0.1, -0.05) is 32.1 Å². The van der Waals surface area contributed by atoms with Gasteiger partial charge in [0.1, 0.15) is 5.75 Å². The number of carbonyl (C=O) groups excluding carboxylic acids is 3. The third kappa shape index (κ3) is 9.72. The van der Waals surface area contributed by atoms with Crippen LogP contribution < -0.4 is 15.4 Å². The monoisotopic (exact) mass is 540 g/mol. The highest BCUT2D eigenvalue weighted by atomic mass is 19.4. The molecule has 2 aliphatic rings. The van der Waals surface area contributed by atoms with Gasteiger partial charge in [0.05, 0.1) is 0 Å². The molecule has 1 aromatic rings. The van der Waals surface area contributed by atoms with Gasteiger partial charge in [0.2, 0.25) is 17.7 Å². The quantitative estimate of drug-likeness (QED) is 0.465. The van der Waals surface area contributed by atoms with E-state index in [2.05, 4.69) is 15.4 Å². The minimum absolute atomic E-state index is 0.000155. The molecule has 8 nitrogen and oxygen atoms in total. The molecule has 1 saturated heterocycles. The van der Waals surface area contributed by atoms with Gasteiger partial charge in [-0.25, -0.2) is 0 Å². The molecule has 2 atom stereocenters. The maximum atomic E-state index is 13.3. The molecule has 0 bridgehead atoms. The molecular formula is C27H39F3N4O4. The van der Waals surface area contributed by atoms with Crippen LogP contribution in [0.5, 0.6) is 5.75 Å². The van der Waals surface area contributed by atoms with Gasteiger partial charge >= 0.3 is 6.36 Å². The number of rotatable bonds is 10. The van der Waals surface area contributed by atoms with Crippen LogP contribution in [-0.4, -0.2) is 72.6 Å². The second kappa shape index (κ2) is 13.7. The summed E-state index contributed by atoms with van der Waals surface area (Å²) in [6.45, 7) is 5.69. The number of nitrogens with one attached hydrogen (secondary N) is 2. The van der Waals surface area contributed by atoms with Gasteiger partial charge in [0.15, 0.2) is 0 Å². The van der Waals surface area contributed by atoms with Crippen LogP contribution >= 0.6 is 0 Å². The fourth-order valence-electron chi connectivity index (χ4n) is 5.18. The van der Waals surface area contributed by atoms with Gasteiger partial charge in [0, 0.05) is 63.7 Å². The second-order valence-corrected chi connectivity index (χ2v) is 10.4. The number of ether oxygens (including phenoxy) is 1. The highest BCUT2D eigenvalue weighted by Gasteiger charge is 2.32. The van der Waals surface area contributed by atoms with Crippen LogP contribution in [0.25, 0.3) is 0 Å². The molecule has 1 heterocycles. The number of nitrogens with zero attached hydrogens (tertiary/aromatic N) is 2. The average molecular weight is 541 g/mol. The van der Waals surface area contributed by atoms with Gasteiger partial charge in [-0.05, 0) is 43.5 Å². The van der Waals surface area contributed by atoms with E-state index in [1.54, 1.807) is 9.80 Å². The van der Waals surface area contributed by atoms with Crippen molar-refractivity contribution in [3.63, 3.8) is 0 Å². The van der Waals surface area contributed by atoms with E-state index in [0.29, 0.717) is 50.7 Å². The van der Waals surface area contributed by atoms with Crippen molar-refractivity contribution in [3.8, 4) is 5.75 Å². The van der Waals surface area contributed by atoms with E-state index in [1.165, 1.54) is 37.6 Å². The number of amides is 3. The molecule has 1 aliphatic carbocycles. The molecule has 2 N–H and O–H groups in total. The summed E-state index contributed by atoms with van der Waals surface area (Å²) in [4.78, 5) is 41.4. The highest BCUT2D eigenvalue weighted by molar-refractivity contribution is 5.86. The molecule has 0 unspecified atom stereocenters. The lowest BCUT2D eigenvalue weighted by Gasteiger charge is -2.35. The summed E-state index contributed by atoms with van der Waals surface area (Å²) in [5.74, 6) is -0.529. The Morgan fingerprint density at radius 1 is 1.00 bits per heavy atom. The third-order valence-corrected chi connectivity index (χ3v) is 7.30. The van der Waals surface area contributed by atoms with Crippen molar-refractivity contribution in [1.82, 2.24) is 15.1 Å². The van der Waals surface area contributed by atoms with E-state index in [9.17, 15) is 27.6 Å². The smallest absolute Gasteiger partial charge is 0.406 e. The molecule has 1 saturated carbocycles. The minimum Gasteiger partial charge on any atom is -0.406 e. The zero-order valence-electron chi connectivity index (χ0n) is 22.2. The van der Waals surface area contributed by atoms with Crippen molar-refractivity contribution < 1.29 is 32.3 Å². The molecule has 2 fully saturated rings. The number of piperazine rings is 1. The van der Waals surface area contributed by atoms with Crippen molar-refractivity contribution in [2.24, 2.45) is 11.8 Å². The highest BCUT2D eigenvalue weighted by Crippen LogP contribution is 2.31. The number of carbonyl (C=O) groups is 3. The maximum absolute atomic E-state index is 13.3. The molecule has 0 radical (unpaired) electrons. The summed E-state index contributed by atoms with van der Waals surface area (Å²) >= 11 is 0. The van der Waals surface area contributed by atoms with Crippen LogP contribution in [-0.2, 0) is 14.4 Å². The molecule has 3 rings (SSSR count). The first-order chi connectivity index (χ1) is 18.0. The van der Waals surface area contributed by atoms with E-state index in [0.717, 1.165) is 25.7 Å². The molecule has 3 amide bonds. The molecule has 38 heavy (non-hydrogen) atoms.